The number of carbonyl (C=O) groups excluding carboxylic acids is 2. The molecule has 7 heteroatoms. The number of amides is 1. The number of thiazole rings is 1. The van der Waals surface area contributed by atoms with Crippen molar-refractivity contribution in [3.05, 3.63) is 52.7 Å². The molecule has 0 aliphatic rings. The van der Waals surface area contributed by atoms with Gasteiger partial charge in [-0.05, 0) is 25.3 Å². The highest BCUT2D eigenvalue weighted by Crippen LogP contribution is 2.36. The molecule has 0 saturated carbocycles. The standard InChI is InChI=1S/C20H20N2O3S2/c1-13(2)25-18(24)12-21-17(23)11-16-19(15-9-6-10-26-15)22-20(27-16)14-7-4-3-5-8-14/h3-10,13H,11-12H2,1-2H3,(H,21,23). The van der Waals surface area contributed by atoms with E-state index in [2.05, 4.69) is 5.32 Å². The summed E-state index contributed by atoms with van der Waals surface area (Å²) < 4.78 is 5.03. The van der Waals surface area contributed by atoms with Gasteiger partial charge in [-0.3, -0.25) is 9.59 Å². The van der Waals surface area contributed by atoms with Crippen molar-refractivity contribution in [3.8, 4) is 21.1 Å². The van der Waals surface area contributed by atoms with Gasteiger partial charge in [0.05, 0.1) is 23.1 Å². The van der Waals surface area contributed by atoms with Gasteiger partial charge in [0.1, 0.15) is 11.6 Å². The van der Waals surface area contributed by atoms with Crippen LogP contribution in [0.1, 0.15) is 18.7 Å². The molecule has 2 heterocycles. The molecule has 0 radical (unpaired) electrons. The second-order valence-corrected chi connectivity index (χ2v) is 8.16. The van der Waals surface area contributed by atoms with Gasteiger partial charge in [0.2, 0.25) is 5.91 Å². The summed E-state index contributed by atoms with van der Waals surface area (Å²) in [6.07, 6.45) is -0.0260. The number of carbonyl (C=O) groups is 2. The first-order valence-electron chi connectivity index (χ1n) is 8.58. The van der Waals surface area contributed by atoms with Crippen molar-refractivity contribution in [2.75, 3.05) is 6.54 Å². The Morgan fingerprint density at radius 2 is 1.93 bits per heavy atom. The van der Waals surface area contributed by atoms with Gasteiger partial charge < -0.3 is 10.1 Å². The largest absolute Gasteiger partial charge is 0.462 e. The van der Waals surface area contributed by atoms with Crippen molar-refractivity contribution >= 4 is 34.6 Å². The fourth-order valence-corrected chi connectivity index (χ4v) is 4.35. The zero-order valence-corrected chi connectivity index (χ0v) is 16.7. The fraction of sp³-hybridized carbons (Fsp3) is 0.250. The summed E-state index contributed by atoms with van der Waals surface area (Å²) in [5, 5.41) is 5.49. The van der Waals surface area contributed by atoms with Gasteiger partial charge in [-0.15, -0.1) is 22.7 Å². The predicted molar refractivity (Wildman–Crippen MR) is 109 cm³/mol. The van der Waals surface area contributed by atoms with Crippen LogP contribution in [0.2, 0.25) is 0 Å². The first-order chi connectivity index (χ1) is 13.0. The number of nitrogens with one attached hydrogen (secondary N) is 1. The molecule has 5 nitrogen and oxygen atoms in total. The van der Waals surface area contributed by atoms with E-state index < -0.39 is 5.97 Å². The van der Waals surface area contributed by atoms with Crippen LogP contribution in [-0.4, -0.2) is 29.5 Å². The molecule has 0 spiro atoms. The summed E-state index contributed by atoms with van der Waals surface area (Å²) in [5.74, 6) is -0.664. The number of hydrogen-bond acceptors (Lipinski definition) is 6. The highest BCUT2D eigenvalue weighted by molar-refractivity contribution is 7.17. The number of nitrogens with zero attached hydrogens (tertiary/aromatic N) is 1. The molecule has 0 aliphatic heterocycles. The quantitative estimate of drug-likeness (QED) is 0.605. The molecular weight excluding hydrogens is 380 g/mol. The van der Waals surface area contributed by atoms with E-state index in [1.54, 1.807) is 25.2 Å². The minimum Gasteiger partial charge on any atom is -0.462 e. The Morgan fingerprint density at radius 1 is 1.15 bits per heavy atom. The number of ether oxygens (including phenoxy) is 1. The minimum absolute atomic E-state index is 0.129. The molecule has 0 bridgehead atoms. The molecule has 0 atom stereocenters. The fourth-order valence-electron chi connectivity index (χ4n) is 2.47. The van der Waals surface area contributed by atoms with Crippen LogP contribution in [0.25, 0.3) is 21.1 Å². The second kappa shape index (κ2) is 8.92. The highest BCUT2D eigenvalue weighted by Gasteiger charge is 2.18. The lowest BCUT2D eigenvalue weighted by atomic mass is 10.2. The van der Waals surface area contributed by atoms with Gasteiger partial charge in [-0.1, -0.05) is 36.4 Å². The first kappa shape index (κ1) is 19.3. The zero-order chi connectivity index (χ0) is 19.2. The summed E-state index contributed by atoms with van der Waals surface area (Å²) in [6, 6.07) is 13.9. The molecule has 1 amide bonds. The molecule has 1 aromatic carbocycles. The highest BCUT2D eigenvalue weighted by atomic mass is 32.1. The Hall–Kier alpha value is -2.51. The lowest BCUT2D eigenvalue weighted by Gasteiger charge is -2.08. The van der Waals surface area contributed by atoms with Gasteiger partial charge in [0.25, 0.3) is 0 Å². The van der Waals surface area contributed by atoms with E-state index in [9.17, 15) is 9.59 Å². The molecule has 3 rings (SSSR count). The topological polar surface area (TPSA) is 68.3 Å². The number of thiophene rings is 1. The van der Waals surface area contributed by atoms with Crippen molar-refractivity contribution < 1.29 is 14.3 Å². The van der Waals surface area contributed by atoms with Crippen molar-refractivity contribution in [2.45, 2.75) is 26.4 Å². The summed E-state index contributed by atoms with van der Waals surface area (Å²) in [5.41, 5.74) is 1.85. The van der Waals surface area contributed by atoms with Gasteiger partial charge in [0.15, 0.2) is 0 Å². The third-order valence-corrected chi connectivity index (χ3v) is 5.57. The maximum atomic E-state index is 12.3. The van der Waals surface area contributed by atoms with Crippen molar-refractivity contribution in [1.29, 1.82) is 0 Å². The van der Waals surface area contributed by atoms with Crippen LogP contribution < -0.4 is 5.32 Å². The Bertz CT molecular complexity index is 903. The average Bonchev–Trinajstić information content (AvgIpc) is 3.30. The van der Waals surface area contributed by atoms with Crippen LogP contribution in [0.4, 0.5) is 0 Å². The Morgan fingerprint density at radius 3 is 2.59 bits per heavy atom. The number of rotatable bonds is 7. The third kappa shape index (κ3) is 5.24. The van der Waals surface area contributed by atoms with Crippen LogP contribution in [0.3, 0.4) is 0 Å². The van der Waals surface area contributed by atoms with Crippen LogP contribution in [-0.2, 0) is 20.7 Å². The molecule has 140 valence electrons. The Kier molecular flexibility index (Phi) is 6.36. The summed E-state index contributed by atoms with van der Waals surface area (Å²) >= 11 is 3.09. The van der Waals surface area contributed by atoms with E-state index in [0.29, 0.717) is 0 Å². The second-order valence-electron chi connectivity index (χ2n) is 6.13. The monoisotopic (exact) mass is 400 g/mol. The van der Waals surface area contributed by atoms with Gasteiger partial charge in [0, 0.05) is 10.4 Å². The van der Waals surface area contributed by atoms with E-state index in [-0.39, 0.29) is 25.0 Å². The van der Waals surface area contributed by atoms with E-state index in [0.717, 1.165) is 26.0 Å². The SMILES string of the molecule is CC(C)OC(=O)CNC(=O)Cc1sc(-c2ccccc2)nc1-c1cccs1. The lowest BCUT2D eigenvalue weighted by molar-refractivity contribution is -0.147. The number of benzene rings is 1. The lowest BCUT2D eigenvalue weighted by Crippen LogP contribution is -2.32. The molecule has 0 fully saturated rings. The summed E-state index contributed by atoms with van der Waals surface area (Å²) in [4.78, 5) is 30.6. The summed E-state index contributed by atoms with van der Waals surface area (Å²) in [7, 11) is 0. The van der Waals surface area contributed by atoms with E-state index in [1.165, 1.54) is 11.3 Å². The molecular formula is C20H20N2O3S2. The van der Waals surface area contributed by atoms with Crippen LogP contribution >= 0.6 is 22.7 Å². The molecule has 0 unspecified atom stereocenters. The molecule has 3 aromatic rings. The summed E-state index contributed by atoms with van der Waals surface area (Å²) in [6.45, 7) is 3.42. The maximum absolute atomic E-state index is 12.3. The van der Waals surface area contributed by atoms with Crippen molar-refractivity contribution in [1.82, 2.24) is 10.3 Å². The zero-order valence-electron chi connectivity index (χ0n) is 15.1. The molecule has 0 aliphatic carbocycles. The first-order valence-corrected chi connectivity index (χ1v) is 10.3. The molecule has 2 aromatic heterocycles. The van der Waals surface area contributed by atoms with Crippen molar-refractivity contribution in [3.63, 3.8) is 0 Å². The average molecular weight is 401 g/mol. The van der Waals surface area contributed by atoms with E-state index >= 15 is 0 Å². The predicted octanol–water partition coefficient (Wildman–Crippen LogP) is 4.15. The van der Waals surface area contributed by atoms with Crippen molar-refractivity contribution in [2.24, 2.45) is 0 Å². The molecule has 0 saturated heterocycles. The minimum atomic E-state index is -0.439. The van der Waals surface area contributed by atoms with E-state index in [4.69, 9.17) is 9.72 Å². The van der Waals surface area contributed by atoms with Crippen LogP contribution in [0.5, 0.6) is 0 Å². The van der Waals surface area contributed by atoms with Gasteiger partial charge in [-0.2, -0.15) is 0 Å². The maximum Gasteiger partial charge on any atom is 0.325 e. The Balaban J connectivity index is 1.76. The van der Waals surface area contributed by atoms with Gasteiger partial charge >= 0.3 is 5.97 Å². The van der Waals surface area contributed by atoms with E-state index in [1.807, 2.05) is 47.8 Å². The smallest absolute Gasteiger partial charge is 0.325 e. The normalized spacial score (nSPS) is 10.8. The number of esters is 1. The third-order valence-electron chi connectivity index (χ3n) is 3.59. The van der Waals surface area contributed by atoms with Gasteiger partial charge in [-0.25, -0.2) is 4.98 Å². The van der Waals surface area contributed by atoms with Crippen LogP contribution in [0.15, 0.2) is 47.8 Å². The van der Waals surface area contributed by atoms with Crippen LogP contribution in [0, 0.1) is 0 Å². The number of aromatic nitrogens is 1. The Labute approximate surface area is 166 Å². The number of hydrogen-bond donors (Lipinski definition) is 1. The molecule has 27 heavy (non-hydrogen) atoms. The molecule has 1 N–H and O–H groups in total.